The van der Waals surface area contributed by atoms with E-state index in [9.17, 15) is 14.9 Å². The van der Waals surface area contributed by atoms with Crippen LogP contribution < -0.4 is 4.74 Å². The van der Waals surface area contributed by atoms with E-state index in [0.717, 1.165) is 0 Å². The molecule has 152 valence electrons. The minimum absolute atomic E-state index is 0.107. The summed E-state index contributed by atoms with van der Waals surface area (Å²) in [5.41, 5.74) is -0.107. The number of hydrogen-bond donors (Lipinski definition) is 0. The molecule has 3 saturated heterocycles. The first kappa shape index (κ1) is 19.2. The second-order valence-corrected chi connectivity index (χ2v) is 7.76. The largest absolute Gasteiger partial charge is 0.425 e. The van der Waals surface area contributed by atoms with Gasteiger partial charge in [0.15, 0.2) is 24.0 Å². The summed E-state index contributed by atoms with van der Waals surface area (Å²) in [7, 11) is 0. The molecule has 0 spiro atoms. The summed E-state index contributed by atoms with van der Waals surface area (Å²) in [6, 6.07) is 5.18. The number of nitro benzene ring substituents is 1. The molecule has 0 bridgehead atoms. The number of nitro groups is 1. The molecule has 0 aliphatic carbocycles. The van der Waals surface area contributed by atoms with Crippen LogP contribution in [0.2, 0.25) is 0 Å². The average molecular weight is 395 g/mol. The lowest BCUT2D eigenvalue weighted by Gasteiger charge is -2.35. The summed E-state index contributed by atoms with van der Waals surface area (Å²) < 4.78 is 34.6. The molecule has 1 aromatic carbocycles. The van der Waals surface area contributed by atoms with Gasteiger partial charge in [0.1, 0.15) is 24.1 Å². The van der Waals surface area contributed by atoms with Crippen LogP contribution in [0.5, 0.6) is 5.75 Å². The van der Waals surface area contributed by atoms with Gasteiger partial charge >= 0.3 is 5.97 Å². The third-order valence-electron chi connectivity index (χ3n) is 4.65. The molecule has 0 radical (unpaired) electrons. The minimum atomic E-state index is -1.11. The summed E-state index contributed by atoms with van der Waals surface area (Å²) in [6.07, 6.45) is -3.81. The highest BCUT2D eigenvalue weighted by atomic mass is 16.9. The van der Waals surface area contributed by atoms with Crippen molar-refractivity contribution in [3.63, 3.8) is 0 Å². The topological polar surface area (TPSA) is 116 Å². The van der Waals surface area contributed by atoms with Crippen LogP contribution in [0.4, 0.5) is 5.69 Å². The first-order chi connectivity index (χ1) is 13.0. The van der Waals surface area contributed by atoms with Crippen LogP contribution >= 0.6 is 0 Å². The fourth-order valence-electron chi connectivity index (χ4n) is 3.61. The highest BCUT2D eigenvalue weighted by molar-refractivity contribution is 5.78. The highest BCUT2D eigenvalue weighted by Gasteiger charge is 2.62. The van der Waals surface area contributed by atoms with Gasteiger partial charge in [0.05, 0.1) is 4.92 Å². The van der Waals surface area contributed by atoms with Crippen LogP contribution in [-0.4, -0.2) is 53.2 Å². The average Bonchev–Trinajstić information content (AvgIpc) is 3.08. The van der Waals surface area contributed by atoms with Crippen LogP contribution in [0, 0.1) is 10.1 Å². The molecular weight excluding hydrogens is 374 g/mol. The Balaban J connectivity index is 1.54. The van der Waals surface area contributed by atoms with E-state index in [1.807, 2.05) is 0 Å². The number of carbonyl (C=O) groups is 1. The van der Waals surface area contributed by atoms with Crippen molar-refractivity contribution in [2.45, 2.75) is 70.0 Å². The smallest absolute Gasteiger partial charge is 0.343 e. The van der Waals surface area contributed by atoms with Gasteiger partial charge in [-0.1, -0.05) is 0 Å². The van der Waals surface area contributed by atoms with Gasteiger partial charge in [-0.2, -0.15) is 0 Å². The number of ether oxygens (including phenoxy) is 6. The zero-order valence-corrected chi connectivity index (χ0v) is 15.8. The van der Waals surface area contributed by atoms with E-state index in [-0.39, 0.29) is 11.4 Å². The third-order valence-corrected chi connectivity index (χ3v) is 4.65. The summed E-state index contributed by atoms with van der Waals surface area (Å²) in [4.78, 5) is 23.0. The Morgan fingerprint density at radius 3 is 2.18 bits per heavy atom. The number of carbonyl (C=O) groups excluding carboxylic acids is 1. The Morgan fingerprint density at radius 2 is 1.54 bits per heavy atom. The van der Waals surface area contributed by atoms with Gasteiger partial charge in [-0.05, 0) is 39.8 Å². The molecule has 0 unspecified atom stereocenters. The summed E-state index contributed by atoms with van der Waals surface area (Å²) in [6.45, 7) is 6.96. The van der Waals surface area contributed by atoms with Gasteiger partial charge in [-0.3, -0.25) is 10.1 Å². The van der Waals surface area contributed by atoms with E-state index in [0.29, 0.717) is 0 Å². The number of fused-ring (bicyclic) bond motifs is 3. The van der Waals surface area contributed by atoms with Crippen molar-refractivity contribution >= 4 is 11.7 Å². The standard InChI is InChI=1S/C18H21NO9/c1-17(2)25-11-12(26-17)14-16(28-18(3,4)27-14)24-13(11)15(20)23-10-7-5-9(6-8-10)19(21)22/h5-8,11-14,16H,1-4H3/t11-,12-,13+,14-,16+/m1/s1. The summed E-state index contributed by atoms with van der Waals surface area (Å²) in [5.74, 6) is -2.39. The zero-order chi connectivity index (χ0) is 20.3. The highest BCUT2D eigenvalue weighted by Crippen LogP contribution is 2.44. The number of benzene rings is 1. The van der Waals surface area contributed by atoms with E-state index in [2.05, 4.69) is 0 Å². The Hall–Kier alpha value is -2.11. The molecule has 3 heterocycles. The second-order valence-electron chi connectivity index (χ2n) is 7.76. The van der Waals surface area contributed by atoms with E-state index in [1.165, 1.54) is 24.3 Å². The lowest BCUT2D eigenvalue weighted by Crippen LogP contribution is -2.58. The monoisotopic (exact) mass is 395 g/mol. The van der Waals surface area contributed by atoms with Gasteiger partial charge in [0.2, 0.25) is 0 Å². The molecule has 3 aliphatic rings. The van der Waals surface area contributed by atoms with Gasteiger partial charge in [-0.25, -0.2) is 4.79 Å². The predicted molar refractivity (Wildman–Crippen MR) is 91.3 cm³/mol. The quantitative estimate of drug-likeness (QED) is 0.327. The van der Waals surface area contributed by atoms with Gasteiger partial charge in [0, 0.05) is 12.1 Å². The molecule has 0 N–H and O–H groups in total. The molecule has 10 nitrogen and oxygen atoms in total. The molecular formula is C18H21NO9. The maximum atomic E-state index is 12.8. The van der Waals surface area contributed by atoms with Crippen molar-refractivity contribution in [3.8, 4) is 5.75 Å². The Morgan fingerprint density at radius 1 is 0.964 bits per heavy atom. The van der Waals surface area contributed by atoms with Crippen LogP contribution in [0.15, 0.2) is 24.3 Å². The molecule has 3 fully saturated rings. The predicted octanol–water partition coefficient (Wildman–Crippen LogP) is 1.90. The molecule has 10 heteroatoms. The number of esters is 1. The Bertz CT molecular complexity index is 791. The molecule has 0 saturated carbocycles. The molecule has 5 atom stereocenters. The van der Waals surface area contributed by atoms with Crippen LogP contribution in [0.1, 0.15) is 27.7 Å². The maximum Gasteiger partial charge on any atom is 0.343 e. The molecule has 0 amide bonds. The molecule has 28 heavy (non-hydrogen) atoms. The van der Waals surface area contributed by atoms with Gasteiger partial charge < -0.3 is 28.4 Å². The molecule has 1 aromatic rings. The molecule has 3 aliphatic heterocycles. The van der Waals surface area contributed by atoms with E-state index >= 15 is 0 Å². The summed E-state index contributed by atoms with van der Waals surface area (Å²) >= 11 is 0. The lowest BCUT2D eigenvalue weighted by atomic mass is 9.99. The fourth-order valence-corrected chi connectivity index (χ4v) is 3.61. The van der Waals surface area contributed by atoms with Crippen LogP contribution in [0.3, 0.4) is 0 Å². The SMILES string of the molecule is CC1(C)O[C@@H]2[C@@H](O1)[C@@H](C(=O)Oc1ccc([N+](=O)[O-])cc1)O[C@H]1OC(C)(C)O[C@@H]12. The van der Waals surface area contributed by atoms with Gasteiger partial charge in [0.25, 0.3) is 5.69 Å². The van der Waals surface area contributed by atoms with Crippen LogP contribution in [0.25, 0.3) is 0 Å². The number of rotatable bonds is 3. The van der Waals surface area contributed by atoms with Gasteiger partial charge in [-0.15, -0.1) is 0 Å². The Labute approximate surface area is 160 Å². The fraction of sp³-hybridized carbons (Fsp3) is 0.611. The second kappa shape index (κ2) is 6.46. The maximum absolute atomic E-state index is 12.8. The van der Waals surface area contributed by atoms with Crippen LogP contribution in [-0.2, 0) is 28.5 Å². The number of hydrogen-bond acceptors (Lipinski definition) is 9. The number of non-ortho nitro benzene ring substituents is 1. The van der Waals surface area contributed by atoms with E-state index < -0.39 is 53.2 Å². The van der Waals surface area contributed by atoms with Crippen molar-refractivity contribution in [1.82, 2.24) is 0 Å². The minimum Gasteiger partial charge on any atom is -0.425 e. The zero-order valence-electron chi connectivity index (χ0n) is 15.8. The Kier molecular flexibility index (Phi) is 4.43. The first-order valence-corrected chi connectivity index (χ1v) is 8.88. The lowest BCUT2D eigenvalue weighted by molar-refractivity contribution is -0.384. The van der Waals surface area contributed by atoms with E-state index in [1.54, 1.807) is 27.7 Å². The van der Waals surface area contributed by atoms with Crippen molar-refractivity contribution in [2.24, 2.45) is 0 Å². The van der Waals surface area contributed by atoms with Crippen molar-refractivity contribution in [3.05, 3.63) is 34.4 Å². The van der Waals surface area contributed by atoms with Crippen molar-refractivity contribution in [1.29, 1.82) is 0 Å². The number of nitrogens with zero attached hydrogens (tertiary/aromatic N) is 1. The van der Waals surface area contributed by atoms with Crippen molar-refractivity contribution < 1.29 is 38.1 Å². The normalized spacial score (nSPS) is 35.1. The molecule has 4 rings (SSSR count). The van der Waals surface area contributed by atoms with Crippen molar-refractivity contribution in [2.75, 3.05) is 0 Å². The first-order valence-electron chi connectivity index (χ1n) is 8.88. The van der Waals surface area contributed by atoms with E-state index in [4.69, 9.17) is 28.4 Å². The summed E-state index contributed by atoms with van der Waals surface area (Å²) in [5, 5.41) is 10.7. The third kappa shape index (κ3) is 3.49. The molecule has 0 aromatic heterocycles.